The largest absolute Gasteiger partial charge is 0.370 e. The molecule has 1 aliphatic rings. The highest BCUT2D eigenvalue weighted by Crippen LogP contribution is 2.34. The molecule has 6 heteroatoms. The molecule has 0 saturated carbocycles. The summed E-state index contributed by atoms with van der Waals surface area (Å²) in [4.78, 5) is 16.2. The molecule has 1 atom stereocenters. The Hall–Kier alpha value is -1.31. The van der Waals surface area contributed by atoms with Crippen molar-refractivity contribution in [2.45, 2.75) is 38.6 Å². The summed E-state index contributed by atoms with van der Waals surface area (Å²) in [5, 5.41) is 5.99. The van der Waals surface area contributed by atoms with E-state index in [0.717, 1.165) is 11.3 Å². The van der Waals surface area contributed by atoms with Gasteiger partial charge in [0.25, 0.3) is 0 Å². The first kappa shape index (κ1) is 17.7. The SMILES string of the molecule is CC(C)(C)NC(N)=NCCC1C(=O)Nc2ccccc21.I. The van der Waals surface area contributed by atoms with Gasteiger partial charge in [-0.25, -0.2) is 0 Å². The standard InChI is InChI=1S/C15H22N4O.HI/c1-15(2,3)19-14(16)17-9-8-11-10-6-4-5-7-12(10)18-13(11)20;/h4-7,11H,8-9H2,1-3H3,(H,18,20)(H3,16,17,19);1H. The Labute approximate surface area is 142 Å². The van der Waals surface area contributed by atoms with Crippen molar-refractivity contribution in [1.82, 2.24) is 5.32 Å². The summed E-state index contributed by atoms with van der Waals surface area (Å²) in [5.41, 5.74) is 7.67. The maximum atomic E-state index is 11.9. The molecule has 0 aliphatic carbocycles. The molecule has 0 radical (unpaired) electrons. The summed E-state index contributed by atoms with van der Waals surface area (Å²) in [6.45, 7) is 6.60. The number of rotatable bonds is 3. The molecule has 0 bridgehead atoms. The zero-order valence-corrected chi connectivity index (χ0v) is 15.0. The van der Waals surface area contributed by atoms with Gasteiger partial charge >= 0.3 is 0 Å². The molecule has 0 spiro atoms. The smallest absolute Gasteiger partial charge is 0.232 e. The van der Waals surface area contributed by atoms with E-state index in [1.165, 1.54) is 0 Å². The van der Waals surface area contributed by atoms with E-state index in [9.17, 15) is 4.79 Å². The van der Waals surface area contributed by atoms with Gasteiger partial charge in [-0.1, -0.05) is 18.2 Å². The number of hydrogen-bond donors (Lipinski definition) is 3. The molecule has 1 aromatic rings. The fourth-order valence-electron chi connectivity index (χ4n) is 2.30. The molecule has 1 amide bonds. The molecule has 5 nitrogen and oxygen atoms in total. The number of nitrogens with two attached hydrogens (primary N) is 1. The van der Waals surface area contributed by atoms with Crippen LogP contribution < -0.4 is 16.4 Å². The Morgan fingerprint density at radius 2 is 2.05 bits per heavy atom. The monoisotopic (exact) mass is 402 g/mol. The van der Waals surface area contributed by atoms with Crippen LogP contribution in [0, 0.1) is 0 Å². The minimum absolute atomic E-state index is 0. The molecule has 2 rings (SSSR count). The van der Waals surface area contributed by atoms with Gasteiger partial charge in [0.15, 0.2) is 5.96 Å². The van der Waals surface area contributed by atoms with Gasteiger partial charge in [-0.15, -0.1) is 24.0 Å². The molecular formula is C15H23IN4O. The normalized spacial score (nSPS) is 17.8. The van der Waals surface area contributed by atoms with Crippen molar-refractivity contribution >= 4 is 41.5 Å². The first-order valence-electron chi connectivity index (χ1n) is 6.85. The third-order valence-electron chi connectivity index (χ3n) is 3.11. The highest BCUT2D eigenvalue weighted by atomic mass is 127. The number of para-hydroxylation sites is 1. The number of carbonyl (C=O) groups excluding carboxylic acids is 1. The Morgan fingerprint density at radius 3 is 2.71 bits per heavy atom. The van der Waals surface area contributed by atoms with Crippen LogP contribution in [0.2, 0.25) is 0 Å². The fourth-order valence-corrected chi connectivity index (χ4v) is 2.30. The van der Waals surface area contributed by atoms with Gasteiger partial charge in [0.05, 0.1) is 5.92 Å². The van der Waals surface area contributed by atoms with Crippen molar-refractivity contribution in [2.75, 3.05) is 11.9 Å². The maximum Gasteiger partial charge on any atom is 0.232 e. The molecule has 0 saturated heterocycles. The maximum absolute atomic E-state index is 11.9. The Morgan fingerprint density at radius 1 is 1.38 bits per heavy atom. The number of guanidine groups is 1. The first-order valence-corrected chi connectivity index (χ1v) is 6.85. The number of nitrogens with one attached hydrogen (secondary N) is 2. The van der Waals surface area contributed by atoms with Crippen LogP contribution in [-0.4, -0.2) is 24.0 Å². The Balaban J connectivity index is 0.00000220. The predicted octanol–water partition coefficient (Wildman–Crippen LogP) is 2.43. The van der Waals surface area contributed by atoms with Crippen LogP contribution in [-0.2, 0) is 4.79 Å². The highest BCUT2D eigenvalue weighted by Gasteiger charge is 2.29. The van der Waals surface area contributed by atoms with Crippen LogP contribution in [0.5, 0.6) is 0 Å². The van der Waals surface area contributed by atoms with E-state index in [4.69, 9.17) is 5.73 Å². The molecule has 0 fully saturated rings. The zero-order valence-electron chi connectivity index (χ0n) is 12.6. The minimum Gasteiger partial charge on any atom is -0.370 e. The van der Waals surface area contributed by atoms with Crippen molar-refractivity contribution in [3.05, 3.63) is 29.8 Å². The molecular weight excluding hydrogens is 379 g/mol. The number of benzene rings is 1. The van der Waals surface area contributed by atoms with E-state index >= 15 is 0 Å². The van der Waals surface area contributed by atoms with Gasteiger partial charge in [0.1, 0.15) is 0 Å². The average molecular weight is 402 g/mol. The van der Waals surface area contributed by atoms with Crippen LogP contribution in [0.3, 0.4) is 0 Å². The van der Waals surface area contributed by atoms with E-state index in [-0.39, 0.29) is 41.3 Å². The summed E-state index contributed by atoms with van der Waals surface area (Å²) in [7, 11) is 0. The highest BCUT2D eigenvalue weighted by molar-refractivity contribution is 14.0. The van der Waals surface area contributed by atoms with Gasteiger partial charge in [-0.05, 0) is 38.8 Å². The Kier molecular flexibility index (Phi) is 6.00. The van der Waals surface area contributed by atoms with Crippen LogP contribution >= 0.6 is 24.0 Å². The van der Waals surface area contributed by atoms with E-state index in [0.29, 0.717) is 18.9 Å². The number of carbonyl (C=O) groups is 1. The van der Waals surface area contributed by atoms with E-state index in [1.807, 2.05) is 45.0 Å². The first-order chi connectivity index (χ1) is 9.37. The van der Waals surface area contributed by atoms with Crippen molar-refractivity contribution in [1.29, 1.82) is 0 Å². The zero-order chi connectivity index (χ0) is 14.8. The second kappa shape index (κ2) is 7.11. The second-order valence-electron chi connectivity index (χ2n) is 6.06. The number of amides is 1. The second-order valence-corrected chi connectivity index (χ2v) is 6.06. The molecule has 0 aromatic heterocycles. The lowest BCUT2D eigenvalue weighted by Crippen LogP contribution is -2.45. The van der Waals surface area contributed by atoms with E-state index < -0.39 is 0 Å². The van der Waals surface area contributed by atoms with E-state index in [2.05, 4.69) is 15.6 Å². The molecule has 1 heterocycles. The van der Waals surface area contributed by atoms with Crippen LogP contribution in [0.4, 0.5) is 5.69 Å². The molecule has 116 valence electrons. The quantitative estimate of drug-likeness (QED) is 0.413. The molecule has 1 aromatic carbocycles. The summed E-state index contributed by atoms with van der Waals surface area (Å²) < 4.78 is 0. The van der Waals surface area contributed by atoms with Crippen LogP contribution in [0.15, 0.2) is 29.3 Å². The number of anilines is 1. The average Bonchev–Trinajstić information content (AvgIpc) is 2.64. The third kappa shape index (κ3) is 4.87. The number of halogens is 1. The summed E-state index contributed by atoms with van der Waals surface area (Å²) >= 11 is 0. The fraction of sp³-hybridized carbons (Fsp3) is 0.467. The summed E-state index contributed by atoms with van der Waals surface area (Å²) in [5.74, 6) is 0.338. The topological polar surface area (TPSA) is 79.5 Å². The Bertz CT molecular complexity index is 537. The lowest BCUT2D eigenvalue weighted by Gasteiger charge is -2.21. The van der Waals surface area contributed by atoms with Gasteiger partial charge in [0.2, 0.25) is 5.91 Å². The van der Waals surface area contributed by atoms with Gasteiger partial charge < -0.3 is 16.4 Å². The van der Waals surface area contributed by atoms with E-state index in [1.54, 1.807) is 0 Å². The van der Waals surface area contributed by atoms with Gasteiger partial charge in [-0.3, -0.25) is 9.79 Å². The van der Waals surface area contributed by atoms with Crippen molar-refractivity contribution in [3.8, 4) is 0 Å². The van der Waals surface area contributed by atoms with Crippen LogP contribution in [0.1, 0.15) is 38.7 Å². The number of aliphatic imine (C=N–C) groups is 1. The van der Waals surface area contributed by atoms with Crippen molar-refractivity contribution < 1.29 is 4.79 Å². The van der Waals surface area contributed by atoms with Crippen molar-refractivity contribution in [3.63, 3.8) is 0 Å². The minimum atomic E-state index is -0.127. The van der Waals surface area contributed by atoms with Gasteiger partial charge in [-0.2, -0.15) is 0 Å². The molecule has 21 heavy (non-hydrogen) atoms. The molecule has 1 aliphatic heterocycles. The van der Waals surface area contributed by atoms with Crippen molar-refractivity contribution in [2.24, 2.45) is 10.7 Å². The van der Waals surface area contributed by atoms with Crippen LogP contribution in [0.25, 0.3) is 0 Å². The lowest BCUT2D eigenvalue weighted by atomic mass is 9.97. The third-order valence-corrected chi connectivity index (χ3v) is 3.11. The summed E-state index contributed by atoms with van der Waals surface area (Å²) in [6.07, 6.45) is 0.662. The number of fused-ring (bicyclic) bond motifs is 1. The predicted molar refractivity (Wildman–Crippen MR) is 97.2 cm³/mol. The lowest BCUT2D eigenvalue weighted by molar-refractivity contribution is -0.117. The molecule has 4 N–H and O–H groups in total. The van der Waals surface area contributed by atoms with Gasteiger partial charge in [0, 0.05) is 17.8 Å². The number of hydrogen-bond acceptors (Lipinski definition) is 2. The molecule has 1 unspecified atom stereocenters. The number of nitrogens with zero attached hydrogens (tertiary/aromatic N) is 1. The summed E-state index contributed by atoms with van der Waals surface area (Å²) in [6, 6.07) is 7.78.